The lowest BCUT2D eigenvalue weighted by atomic mass is 10.1. The highest BCUT2D eigenvalue weighted by Crippen LogP contribution is 2.37. The number of carbonyl (C=O) groups excluding carboxylic acids is 1. The first kappa shape index (κ1) is 25.8. The van der Waals surface area contributed by atoms with E-state index in [1.165, 1.54) is 36.6 Å². The number of fused-ring (bicyclic) bond motifs is 2. The van der Waals surface area contributed by atoms with Crippen LogP contribution < -0.4 is 9.46 Å². The van der Waals surface area contributed by atoms with Crippen molar-refractivity contribution < 1.29 is 22.3 Å². The normalized spacial score (nSPS) is 11.8. The van der Waals surface area contributed by atoms with E-state index in [1.807, 2.05) is 38.1 Å². The van der Waals surface area contributed by atoms with Gasteiger partial charge in [-0.1, -0.05) is 0 Å². The second-order valence-corrected chi connectivity index (χ2v) is 11.6. The Morgan fingerprint density at radius 1 is 1.05 bits per heavy atom. The van der Waals surface area contributed by atoms with Gasteiger partial charge in [0.2, 0.25) is 10.0 Å². The van der Waals surface area contributed by atoms with Crippen LogP contribution in [-0.2, 0) is 10.0 Å². The second kappa shape index (κ2) is 10.2. The summed E-state index contributed by atoms with van der Waals surface area (Å²) in [6.07, 6.45) is 1.48. The Morgan fingerprint density at radius 2 is 1.82 bits per heavy atom. The molecule has 11 heteroatoms. The topological polar surface area (TPSA) is 111 Å². The van der Waals surface area contributed by atoms with Gasteiger partial charge in [0.15, 0.2) is 5.78 Å². The van der Waals surface area contributed by atoms with E-state index in [2.05, 4.69) is 14.7 Å². The summed E-state index contributed by atoms with van der Waals surface area (Å²) >= 11 is 1.49. The van der Waals surface area contributed by atoms with Crippen molar-refractivity contribution in [2.24, 2.45) is 0 Å². The number of rotatable bonds is 8. The highest BCUT2D eigenvalue weighted by molar-refractivity contribution is 7.89. The number of sulfonamides is 1. The highest BCUT2D eigenvalue weighted by Gasteiger charge is 2.17. The molecule has 5 aromatic rings. The zero-order valence-corrected chi connectivity index (χ0v) is 22.4. The van der Waals surface area contributed by atoms with E-state index < -0.39 is 15.8 Å². The minimum Gasteiger partial charge on any atom is -0.492 e. The number of hydrogen-bond donors (Lipinski definition) is 1. The van der Waals surface area contributed by atoms with Crippen LogP contribution in [-0.4, -0.2) is 42.3 Å². The third-order valence-electron chi connectivity index (χ3n) is 5.83. The summed E-state index contributed by atoms with van der Waals surface area (Å²) in [6.45, 7) is 5.50. The zero-order valence-electron chi connectivity index (χ0n) is 20.8. The molecule has 0 bridgehead atoms. The van der Waals surface area contributed by atoms with Crippen LogP contribution in [0.15, 0.2) is 59.6 Å². The van der Waals surface area contributed by atoms with Crippen LogP contribution in [0.3, 0.4) is 0 Å². The summed E-state index contributed by atoms with van der Waals surface area (Å²) in [5.41, 5.74) is 5.17. The van der Waals surface area contributed by atoms with Crippen molar-refractivity contribution in [3.05, 3.63) is 77.4 Å². The molecule has 0 saturated heterocycles. The number of Topliss-reactive ketones (excluding diaryl/α,β-unsaturated/α-hetero) is 1. The van der Waals surface area contributed by atoms with Crippen molar-refractivity contribution in [2.75, 3.05) is 13.2 Å². The molecule has 0 radical (unpaired) electrons. The molecule has 0 fully saturated rings. The fourth-order valence-electron chi connectivity index (χ4n) is 4.00. The predicted molar refractivity (Wildman–Crippen MR) is 145 cm³/mol. The molecule has 0 unspecified atom stereocenters. The first-order chi connectivity index (χ1) is 18.1. The summed E-state index contributed by atoms with van der Waals surface area (Å²) in [4.78, 5) is 25.6. The Hall–Kier alpha value is -3.80. The molecule has 0 saturated carbocycles. The van der Waals surface area contributed by atoms with E-state index >= 15 is 0 Å². The maximum absolute atomic E-state index is 13.1. The minimum atomic E-state index is -3.77. The molecule has 0 spiro atoms. The van der Waals surface area contributed by atoms with E-state index in [9.17, 15) is 17.6 Å². The molecule has 3 aromatic carbocycles. The van der Waals surface area contributed by atoms with Gasteiger partial charge in [-0.3, -0.25) is 9.78 Å². The fourth-order valence-corrected chi connectivity index (χ4v) is 6.11. The lowest BCUT2D eigenvalue weighted by Gasteiger charge is -2.09. The average Bonchev–Trinajstić information content (AvgIpc) is 3.31. The molecule has 1 N–H and O–H groups in total. The summed E-state index contributed by atoms with van der Waals surface area (Å²) in [5.74, 6) is -0.0603. The molecule has 0 aliphatic carbocycles. The third-order valence-corrected chi connectivity index (χ3v) is 8.34. The number of benzene rings is 3. The van der Waals surface area contributed by atoms with Gasteiger partial charge < -0.3 is 4.74 Å². The molecular formula is C27H23FN4O4S2. The summed E-state index contributed by atoms with van der Waals surface area (Å²) in [6, 6.07) is 12.2. The van der Waals surface area contributed by atoms with Crippen molar-refractivity contribution in [3.8, 4) is 16.3 Å². The highest BCUT2D eigenvalue weighted by atomic mass is 32.2. The number of aryl methyl sites for hydroxylation is 2. The van der Waals surface area contributed by atoms with Crippen LogP contribution in [0.5, 0.6) is 5.75 Å². The number of carbonyl (C=O) groups is 1. The van der Waals surface area contributed by atoms with E-state index in [4.69, 9.17) is 9.72 Å². The largest absolute Gasteiger partial charge is 0.492 e. The van der Waals surface area contributed by atoms with Gasteiger partial charge in [-0.2, -0.15) is 0 Å². The van der Waals surface area contributed by atoms with Crippen molar-refractivity contribution in [2.45, 2.75) is 25.7 Å². The molecule has 0 aliphatic heterocycles. The number of ether oxygens (including phenoxy) is 1. The molecule has 5 rings (SSSR count). The number of hydrogen-bond acceptors (Lipinski definition) is 8. The quantitative estimate of drug-likeness (QED) is 0.208. The first-order valence-electron chi connectivity index (χ1n) is 11.7. The smallest absolute Gasteiger partial charge is 0.240 e. The molecule has 2 heterocycles. The number of halogens is 1. The first-order valence-corrected chi connectivity index (χ1v) is 14.0. The van der Waals surface area contributed by atoms with Crippen LogP contribution in [0.1, 0.15) is 28.5 Å². The molecule has 8 nitrogen and oxygen atoms in total. The maximum atomic E-state index is 13.1. The summed E-state index contributed by atoms with van der Waals surface area (Å²) in [7, 11) is -3.77. The molecule has 0 aliphatic rings. The molecular weight excluding hydrogens is 527 g/mol. The SMILES string of the molecule is CC(=O)c1cnc2c(-c3nc4c(C)cc(OCCNS(=O)(=O)c5ccc(F)cc5)cc4s3)cc(C)cc2n1. The van der Waals surface area contributed by atoms with E-state index in [-0.39, 0.29) is 23.8 Å². The van der Waals surface area contributed by atoms with Crippen molar-refractivity contribution >= 4 is 48.4 Å². The lowest BCUT2D eigenvalue weighted by molar-refractivity contribution is 0.101. The van der Waals surface area contributed by atoms with Gasteiger partial charge in [-0.15, -0.1) is 11.3 Å². The molecule has 0 amide bonds. The molecule has 194 valence electrons. The number of aromatic nitrogens is 3. The molecule has 38 heavy (non-hydrogen) atoms. The minimum absolute atomic E-state index is 0.0146. The van der Waals surface area contributed by atoms with Crippen molar-refractivity contribution in [3.63, 3.8) is 0 Å². The van der Waals surface area contributed by atoms with Crippen LogP contribution in [0, 0.1) is 19.7 Å². The van der Waals surface area contributed by atoms with Gasteiger partial charge in [-0.05, 0) is 73.5 Å². The third kappa shape index (κ3) is 5.26. The zero-order chi connectivity index (χ0) is 27.0. The van der Waals surface area contributed by atoms with Crippen LogP contribution in [0.25, 0.3) is 31.8 Å². The Balaban J connectivity index is 1.36. The van der Waals surface area contributed by atoms with Gasteiger partial charge in [-0.25, -0.2) is 27.5 Å². The van der Waals surface area contributed by atoms with E-state index in [0.717, 1.165) is 44.0 Å². The fraction of sp³-hybridized carbons (Fsp3) is 0.185. The van der Waals surface area contributed by atoms with Gasteiger partial charge in [0.1, 0.15) is 28.9 Å². The van der Waals surface area contributed by atoms with Crippen molar-refractivity contribution in [1.82, 2.24) is 19.7 Å². The number of nitrogens with zero attached hydrogens (tertiary/aromatic N) is 3. The van der Waals surface area contributed by atoms with Crippen LogP contribution in [0.4, 0.5) is 4.39 Å². The maximum Gasteiger partial charge on any atom is 0.240 e. The Bertz CT molecular complexity index is 1800. The Morgan fingerprint density at radius 3 is 2.55 bits per heavy atom. The van der Waals surface area contributed by atoms with E-state index in [1.54, 1.807) is 0 Å². The number of ketones is 1. The van der Waals surface area contributed by atoms with Gasteiger partial charge >= 0.3 is 0 Å². The average molecular weight is 551 g/mol. The van der Waals surface area contributed by atoms with Crippen LogP contribution in [0.2, 0.25) is 0 Å². The van der Waals surface area contributed by atoms with Gasteiger partial charge in [0, 0.05) is 19.0 Å². The van der Waals surface area contributed by atoms with Gasteiger partial charge in [0.25, 0.3) is 0 Å². The van der Waals surface area contributed by atoms with Gasteiger partial charge in [0.05, 0.1) is 32.3 Å². The monoisotopic (exact) mass is 550 g/mol. The Kier molecular flexibility index (Phi) is 6.91. The summed E-state index contributed by atoms with van der Waals surface area (Å²) < 4.78 is 47.0. The number of nitrogens with one attached hydrogen (secondary N) is 1. The molecule has 0 atom stereocenters. The lowest BCUT2D eigenvalue weighted by Crippen LogP contribution is -2.28. The van der Waals surface area contributed by atoms with Crippen molar-refractivity contribution in [1.29, 1.82) is 0 Å². The Labute approximate surface area is 222 Å². The van der Waals surface area contributed by atoms with E-state index in [0.29, 0.717) is 22.5 Å². The number of thiazole rings is 1. The second-order valence-electron chi connectivity index (χ2n) is 8.80. The standard InChI is InChI=1S/C27H23FN4O4S2/c1-15-10-21(26-22(11-15)31-23(14-29-26)17(3)33)27-32-25-16(2)12-19(13-24(25)37-27)36-9-8-30-38(34,35)20-6-4-18(28)5-7-20/h4-7,10-14,30H,8-9H2,1-3H3. The molecule has 2 aromatic heterocycles. The van der Waals surface area contributed by atoms with Crippen LogP contribution >= 0.6 is 11.3 Å². The summed E-state index contributed by atoms with van der Waals surface area (Å²) in [5, 5.41) is 0.769. The predicted octanol–water partition coefficient (Wildman–Crippen LogP) is 5.22.